The first-order chi connectivity index (χ1) is 9.70. The van der Waals surface area contributed by atoms with E-state index in [-0.39, 0.29) is 18.4 Å². The predicted octanol–water partition coefficient (Wildman–Crippen LogP) is 3.42. The number of carboxylic acids is 1. The summed E-state index contributed by atoms with van der Waals surface area (Å²) in [4.78, 5) is 14.8. The van der Waals surface area contributed by atoms with E-state index in [0.717, 1.165) is 30.2 Å². The fourth-order valence-corrected chi connectivity index (χ4v) is 3.12. The van der Waals surface area contributed by atoms with Gasteiger partial charge >= 0.3 is 5.97 Å². The third kappa shape index (κ3) is 2.92. The van der Waals surface area contributed by atoms with Crippen molar-refractivity contribution in [2.45, 2.75) is 44.7 Å². The van der Waals surface area contributed by atoms with Gasteiger partial charge in [0.15, 0.2) is 0 Å². The van der Waals surface area contributed by atoms with Gasteiger partial charge in [0.2, 0.25) is 0 Å². The highest BCUT2D eigenvalue weighted by atomic mass is 35.5. The van der Waals surface area contributed by atoms with Gasteiger partial charge in [-0.1, -0.05) is 38.0 Å². The van der Waals surface area contributed by atoms with Crippen molar-refractivity contribution in [2.24, 2.45) is 0 Å². The van der Waals surface area contributed by atoms with Crippen molar-refractivity contribution in [1.82, 2.24) is 10.3 Å². The number of H-pyrrole nitrogens is 1. The summed E-state index contributed by atoms with van der Waals surface area (Å²) < 4.78 is 0. The second-order valence-corrected chi connectivity index (χ2v) is 5.52. The molecule has 2 aromatic rings. The molecule has 1 aromatic heterocycles. The molecule has 114 valence electrons. The van der Waals surface area contributed by atoms with Gasteiger partial charge in [-0.2, -0.15) is 0 Å². The van der Waals surface area contributed by atoms with Crippen molar-refractivity contribution >= 4 is 29.3 Å². The largest absolute Gasteiger partial charge is 0.480 e. The third-order valence-corrected chi connectivity index (χ3v) is 4.15. The van der Waals surface area contributed by atoms with Crippen LogP contribution in [0.25, 0.3) is 10.9 Å². The molecule has 1 aliphatic heterocycles. The first kappa shape index (κ1) is 15.9. The molecule has 1 aromatic carbocycles. The van der Waals surface area contributed by atoms with Crippen molar-refractivity contribution < 1.29 is 9.90 Å². The number of carbonyl (C=O) groups is 1. The van der Waals surface area contributed by atoms with Gasteiger partial charge in [-0.15, -0.1) is 12.4 Å². The van der Waals surface area contributed by atoms with Crippen LogP contribution in [0.3, 0.4) is 0 Å². The molecule has 0 bridgehead atoms. The Balaban J connectivity index is 0.00000161. The van der Waals surface area contributed by atoms with E-state index in [4.69, 9.17) is 0 Å². The number of para-hydroxylation sites is 1. The molecule has 2 heterocycles. The summed E-state index contributed by atoms with van der Waals surface area (Å²) in [5, 5.41) is 13.8. The zero-order chi connectivity index (χ0) is 14.1. The summed E-state index contributed by atoms with van der Waals surface area (Å²) in [7, 11) is 0. The van der Waals surface area contributed by atoms with Crippen LogP contribution < -0.4 is 5.32 Å². The molecule has 0 radical (unpaired) electrons. The molecule has 0 unspecified atom stereocenters. The van der Waals surface area contributed by atoms with Crippen molar-refractivity contribution in [2.75, 3.05) is 0 Å². The second kappa shape index (κ2) is 6.50. The maximum Gasteiger partial charge on any atom is 0.321 e. The van der Waals surface area contributed by atoms with Crippen LogP contribution in [0.4, 0.5) is 0 Å². The Labute approximate surface area is 130 Å². The average molecular weight is 309 g/mol. The molecule has 0 fully saturated rings. The molecule has 0 aliphatic carbocycles. The number of halogens is 1. The highest BCUT2D eigenvalue weighted by Gasteiger charge is 2.32. The van der Waals surface area contributed by atoms with Gasteiger partial charge in [-0.05, 0) is 18.1 Å². The number of benzene rings is 1. The number of rotatable bonds is 4. The number of aliphatic carboxylic acids is 1. The number of aromatic amines is 1. The molecular weight excluding hydrogens is 288 g/mol. The van der Waals surface area contributed by atoms with E-state index in [2.05, 4.69) is 29.4 Å². The molecule has 21 heavy (non-hydrogen) atoms. The first-order valence-electron chi connectivity index (χ1n) is 7.29. The molecule has 0 saturated heterocycles. The van der Waals surface area contributed by atoms with E-state index >= 15 is 0 Å². The molecule has 5 heteroatoms. The number of hydrogen-bond acceptors (Lipinski definition) is 2. The number of nitrogens with one attached hydrogen (secondary N) is 2. The van der Waals surface area contributed by atoms with Gasteiger partial charge in [0.05, 0.1) is 0 Å². The van der Waals surface area contributed by atoms with E-state index in [0.29, 0.717) is 6.42 Å². The summed E-state index contributed by atoms with van der Waals surface area (Å²) in [5.74, 6) is -0.762. The molecule has 0 spiro atoms. The molecule has 0 amide bonds. The Bertz CT molecular complexity index is 638. The van der Waals surface area contributed by atoms with E-state index in [1.807, 2.05) is 12.1 Å². The van der Waals surface area contributed by atoms with E-state index in [1.54, 1.807) is 0 Å². The fourth-order valence-electron chi connectivity index (χ4n) is 3.12. The normalized spacial score (nSPS) is 20.8. The number of fused-ring (bicyclic) bond motifs is 3. The smallest absolute Gasteiger partial charge is 0.321 e. The van der Waals surface area contributed by atoms with Crippen LogP contribution in [0.2, 0.25) is 0 Å². The summed E-state index contributed by atoms with van der Waals surface area (Å²) >= 11 is 0. The molecular formula is C16H21ClN2O2. The minimum atomic E-state index is -0.762. The zero-order valence-electron chi connectivity index (χ0n) is 12.1. The third-order valence-electron chi connectivity index (χ3n) is 4.15. The predicted molar refractivity (Wildman–Crippen MR) is 86.1 cm³/mol. The quantitative estimate of drug-likeness (QED) is 0.811. The van der Waals surface area contributed by atoms with Gasteiger partial charge in [-0.25, -0.2) is 0 Å². The molecule has 0 saturated carbocycles. The Hall–Kier alpha value is -1.52. The van der Waals surface area contributed by atoms with Gasteiger partial charge in [0, 0.05) is 29.1 Å². The first-order valence-corrected chi connectivity index (χ1v) is 7.29. The Morgan fingerprint density at radius 2 is 2.14 bits per heavy atom. The molecule has 3 N–H and O–H groups in total. The van der Waals surface area contributed by atoms with Crippen molar-refractivity contribution in [3.05, 3.63) is 35.5 Å². The number of hydrogen-bond donors (Lipinski definition) is 3. The monoisotopic (exact) mass is 308 g/mol. The highest BCUT2D eigenvalue weighted by Crippen LogP contribution is 2.33. The lowest BCUT2D eigenvalue weighted by Crippen LogP contribution is -2.44. The minimum absolute atomic E-state index is 0. The SMILES string of the molecule is CCCC[C@@H]1N[C@H](C(=O)O)Cc2c1[nH]c1ccccc21.Cl. The molecule has 2 atom stereocenters. The minimum Gasteiger partial charge on any atom is -0.480 e. The van der Waals surface area contributed by atoms with Gasteiger partial charge < -0.3 is 10.1 Å². The summed E-state index contributed by atoms with van der Waals surface area (Å²) in [5.41, 5.74) is 3.46. The van der Waals surface area contributed by atoms with Crippen LogP contribution in [0, 0.1) is 0 Å². The lowest BCUT2D eigenvalue weighted by atomic mass is 9.91. The fraction of sp³-hybridized carbons (Fsp3) is 0.438. The van der Waals surface area contributed by atoms with E-state index < -0.39 is 12.0 Å². The Morgan fingerprint density at radius 3 is 2.86 bits per heavy atom. The summed E-state index contributed by atoms with van der Waals surface area (Å²) in [6.45, 7) is 2.16. The molecule has 1 aliphatic rings. The van der Waals surface area contributed by atoms with Crippen LogP contribution in [-0.4, -0.2) is 22.1 Å². The summed E-state index contributed by atoms with van der Waals surface area (Å²) in [6.07, 6.45) is 3.74. The van der Waals surface area contributed by atoms with Crippen LogP contribution >= 0.6 is 12.4 Å². The maximum absolute atomic E-state index is 11.4. The zero-order valence-corrected chi connectivity index (χ0v) is 12.9. The van der Waals surface area contributed by atoms with Crippen molar-refractivity contribution in [3.8, 4) is 0 Å². The van der Waals surface area contributed by atoms with Crippen LogP contribution in [-0.2, 0) is 11.2 Å². The van der Waals surface area contributed by atoms with Crippen molar-refractivity contribution in [3.63, 3.8) is 0 Å². The van der Waals surface area contributed by atoms with E-state index in [1.165, 1.54) is 11.3 Å². The van der Waals surface area contributed by atoms with Crippen molar-refractivity contribution in [1.29, 1.82) is 0 Å². The average Bonchev–Trinajstić information content (AvgIpc) is 2.83. The van der Waals surface area contributed by atoms with E-state index in [9.17, 15) is 9.90 Å². The highest BCUT2D eigenvalue weighted by molar-refractivity contribution is 5.86. The van der Waals surface area contributed by atoms with Crippen LogP contribution in [0.5, 0.6) is 0 Å². The Morgan fingerprint density at radius 1 is 1.38 bits per heavy atom. The maximum atomic E-state index is 11.4. The van der Waals surface area contributed by atoms with Gasteiger partial charge in [-0.3, -0.25) is 10.1 Å². The standard InChI is InChI=1S/C16H20N2O2.ClH/c1-2-3-7-13-15-11(9-14(17-13)16(19)20)10-6-4-5-8-12(10)18-15;/h4-6,8,13-14,17-18H,2-3,7,9H2,1H3,(H,19,20);1H/t13-,14-;/m0./s1. The summed E-state index contributed by atoms with van der Waals surface area (Å²) in [6, 6.07) is 7.78. The topological polar surface area (TPSA) is 65.1 Å². The van der Waals surface area contributed by atoms with Crippen LogP contribution in [0.1, 0.15) is 43.5 Å². The molecule has 3 rings (SSSR count). The van der Waals surface area contributed by atoms with Gasteiger partial charge in [0.1, 0.15) is 6.04 Å². The second-order valence-electron chi connectivity index (χ2n) is 5.52. The number of carboxylic acid groups (broad SMARTS) is 1. The Kier molecular flexibility index (Phi) is 4.91. The number of unbranched alkanes of at least 4 members (excludes halogenated alkanes) is 1. The number of aromatic nitrogens is 1. The van der Waals surface area contributed by atoms with Gasteiger partial charge in [0.25, 0.3) is 0 Å². The van der Waals surface area contributed by atoms with Crippen LogP contribution in [0.15, 0.2) is 24.3 Å². The molecule has 4 nitrogen and oxygen atoms in total. The lowest BCUT2D eigenvalue weighted by Gasteiger charge is -2.29. The lowest BCUT2D eigenvalue weighted by molar-refractivity contribution is -0.139.